The first kappa shape index (κ1) is 23.0. The summed E-state index contributed by atoms with van der Waals surface area (Å²) in [5.41, 5.74) is 8.48. The van der Waals surface area contributed by atoms with Crippen LogP contribution in [0.2, 0.25) is 0 Å². The Bertz CT molecular complexity index is 1100. The second-order valence-electron chi connectivity index (χ2n) is 10.4. The number of anilines is 1. The second kappa shape index (κ2) is 8.99. The van der Waals surface area contributed by atoms with Crippen LogP contribution in [0.1, 0.15) is 57.3 Å². The van der Waals surface area contributed by atoms with E-state index in [9.17, 15) is 4.79 Å². The Hall–Kier alpha value is -3.18. The maximum atomic E-state index is 13.0. The van der Waals surface area contributed by atoms with Gasteiger partial charge in [-0.25, -0.2) is 4.98 Å². The van der Waals surface area contributed by atoms with Gasteiger partial charge in [-0.3, -0.25) is 4.79 Å². The smallest absolute Gasteiger partial charge is 0.163 e. The van der Waals surface area contributed by atoms with Crippen LogP contribution in [0.15, 0.2) is 66.9 Å². The molecule has 2 aromatic carbocycles. The maximum absolute atomic E-state index is 13.0. The number of nitrogens with one attached hydrogen (secondary N) is 1. The summed E-state index contributed by atoms with van der Waals surface area (Å²) in [6, 6.07) is 19.0. The van der Waals surface area contributed by atoms with E-state index >= 15 is 0 Å². The standard InChI is InChI=1S/C28H33N3O2/c1-27(2)16-19(17-28(3,4)31-27)14-25(32)20-8-11-23(12-9-20)33-24-7-5-6-21(15-24)22-10-13-26(29)30-18-22/h5-13,15,18-19,31H,14,16-17H2,1-4H3,(H2,29,30). The van der Waals surface area contributed by atoms with E-state index in [-0.39, 0.29) is 16.9 Å². The van der Waals surface area contributed by atoms with Gasteiger partial charge in [0.2, 0.25) is 0 Å². The van der Waals surface area contributed by atoms with Gasteiger partial charge in [-0.15, -0.1) is 0 Å². The van der Waals surface area contributed by atoms with E-state index in [0.29, 0.717) is 23.9 Å². The summed E-state index contributed by atoms with van der Waals surface area (Å²) in [5.74, 6) is 2.49. The number of rotatable bonds is 6. The topological polar surface area (TPSA) is 77.2 Å². The Kier molecular flexibility index (Phi) is 6.26. The third-order valence-corrected chi connectivity index (χ3v) is 6.11. The summed E-state index contributed by atoms with van der Waals surface area (Å²) in [7, 11) is 0. The zero-order chi connectivity index (χ0) is 23.6. The second-order valence-corrected chi connectivity index (χ2v) is 10.4. The van der Waals surface area contributed by atoms with Crippen molar-refractivity contribution in [2.75, 3.05) is 5.73 Å². The Morgan fingerprint density at radius 1 is 0.970 bits per heavy atom. The molecule has 1 aromatic heterocycles. The highest BCUT2D eigenvalue weighted by atomic mass is 16.5. The zero-order valence-electron chi connectivity index (χ0n) is 19.9. The molecular weight excluding hydrogens is 410 g/mol. The van der Waals surface area contributed by atoms with Crippen molar-refractivity contribution >= 4 is 11.6 Å². The molecule has 0 saturated carbocycles. The molecule has 0 unspecified atom stereocenters. The van der Waals surface area contributed by atoms with Crippen molar-refractivity contribution < 1.29 is 9.53 Å². The summed E-state index contributed by atoms with van der Waals surface area (Å²) in [4.78, 5) is 17.1. The summed E-state index contributed by atoms with van der Waals surface area (Å²) in [5, 5.41) is 3.69. The maximum Gasteiger partial charge on any atom is 0.163 e. The average molecular weight is 444 g/mol. The lowest BCUT2D eigenvalue weighted by atomic mass is 9.74. The minimum absolute atomic E-state index is 0.0430. The van der Waals surface area contributed by atoms with Crippen molar-refractivity contribution in [2.24, 2.45) is 5.92 Å². The van der Waals surface area contributed by atoms with Crippen LogP contribution in [0.3, 0.4) is 0 Å². The van der Waals surface area contributed by atoms with Gasteiger partial charge in [0, 0.05) is 34.8 Å². The molecule has 1 aliphatic heterocycles. The average Bonchev–Trinajstić information content (AvgIpc) is 2.72. The third kappa shape index (κ3) is 5.99. The van der Waals surface area contributed by atoms with Crippen molar-refractivity contribution in [3.63, 3.8) is 0 Å². The lowest BCUT2D eigenvalue weighted by molar-refractivity contribution is 0.0864. The molecule has 33 heavy (non-hydrogen) atoms. The Morgan fingerprint density at radius 3 is 2.30 bits per heavy atom. The van der Waals surface area contributed by atoms with Crippen molar-refractivity contribution in [2.45, 2.75) is 58.0 Å². The fourth-order valence-corrected chi connectivity index (χ4v) is 5.22. The summed E-state index contributed by atoms with van der Waals surface area (Å²) < 4.78 is 6.04. The number of piperidine rings is 1. The van der Waals surface area contributed by atoms with Crippen LogP contribution in [0.25, 0.3) is 11.1 Å². The molecule has 3 N–H and O–H groups in total. The number of benzene rings is 2. The van der Waals surface area contributed by atoms with Gasteiger partial charge in [0.25, 0.3) is 0 Å². The van der Waals surface area contributed by atoms with Crippen molar-refractivity contribution in [3.05, 3.63) is 72.4 Å². The number of hydrogen-bond acceptors (Lipinski definition) is 5. The molecule has 0 bridgehead atoms. The minimum atomic E-state index is 0.0430. The van der Waals surface area contributed by atoms with Crippen LogP contribution in [-0.2, 0) is 0 Å². The van der Waals surface area contributed by atoms with Gasteiger partial charge < -0.3 is 15.8 Å². The van der Waals surface area contributed by atoms with E-state index in [1.54, 1.807) is 12.3 Å². The molecule has 2 heterocycles. The van der Waals surface area contributed by atoms with Gasteiger partial charge in [-0.05, 0) is 101 Å². The number of carbonyl (C=O) groups is 1. The molecule has 1 fully saturated rings. The number of nitrogens with zero attached hydrogens (tertiary/aromatic N) is 1. The number of hydrogen-bond donors (Lipinski definition) is 2. The van der Waals surface area contributed by atoms with Crippen LogP contribution in [-0.4, -0.2) is 21.8 Å². The van der Waals surface area contributed by atoms with Crippen LogP contribution in [0.4, 0.5) is 5.82 Å². The Balaban J connectivity index is 1.41. The number of Topliss-reactive ketones (excluding diaryl/α,β-unsaturated/α-hetero) is 1. The minimum Gasteiger partial charge on any atom is -0.457 e. The van der Waals surface area contributed by atoms with E-state index in [0.717, 1.165) is 35.3 Å². The van der Waals surface area contributed by atoms with Crippen LogP contribution in [0, 0.1) is 5.92 Å². The normalized spacial score (nSPS) is 17.5. The van der Waals surface area contributed by atoms with Crippen molar-refractivity contribution in [3.8, 4) is 22.6 Å². The predicted molar refractivity (Wildman–Crippen MR) is 134 cm³/mol. The molecule has 4 rings (SSSR count). The number of ketones is 1. The highest BCUT2D eigenvalue weighted by Gasteiger charge is 2.38. The van der Waals surface area contributed by atoms with E-state index in [1.165, 1.54) is 0 Å². The monoisotopic (exact) mass is 443 g/mol. The summed E-state index contributed by atoms with van der Waals surface area (Å²) in [6.45, 7) is 8.87. The fourth-order valence-electron chi connectivity index (χ4n) is 5.22. The molecule has 5 nitrogen and oxygen atoms in total. The van der Waals surface area contributed by atoms with Crippen LogP contribution in [0.5, 0.6) is 11.5 Å². The molecule has 0 radical (unpaired) electrons. The molecule has 3 aromatic rings. The molecule has 1 saturated heterocycles. The van der Waals surface area contributed by atoms with Crippen LogP contribution >= 0.6 is 0 Å². The quantitative estimate of drug-likeness (QED) is 0.440. The van der Waals surface area contributed by atoms with Crippen LogP contribution < -0.4 is 15.8 Å². The van der Waals surface area contributed by atoms with E-state index < -0.39 is 0 Å². The zero-order valence-corrected chi connectivity index (χ0v) is 19.9. The molecule has 172 valence electrons. The SMILES string of the molecule is CC1(C)CC(CC(=O)c2ccc(Oc3cccc(-c4ccc(N)nc4)c3)cc2)CC(C)(C)N1. The highest BCUT2D eigenvalue weighted by molar-refractivity contribution is 5.96. The van der Waals surface area contributed by atoms with E-state index in [1.807, 2.05) is 54.6 Å². The van der Waals surface area contributed by atoms with Gasteiger partial charge in [-0.2, -0.15) is 0 Å². The molecule has 0 spiro atoms. The number of nitrogen functional groups attached to an aromatic ring is 1. The van der Waals surface area contributed by atoms with Gasteiger partial charge in [0.15, 0.2) is 5.78 Å². The predicted octanol–water partition coefficient (Wildman–Crippen LogP) is 6.25. The van der Waals surface area contributed by atoms with Gasteiger partial charge in [0.1, 0.15) is 17.3 Å². The number of carbonyl (C=O) groups excluding carboxylic acids is 1. The van der Waals surface area contributed by atoms with E-state index in [4.69, 9.17) is 10.5 Å². The first-order chi connectivity index (χ1) is 15.6. The molecule has 0 aliphatic carbocycles. The lowest BCUT2D eigenvalue weighted by Crippen LogP contribution is -2.57. The molecular formula is C28H33N3O2. The molecule has 1 aliphatic rings. The molecule has 0 amide bonds. The third-order valence-electron chi connectivity index (χ3n) is 6.11. The largest absolute Gasteiger partial charge is 0.457 e. The summed E-state index contributed by atoms with van der Waals surface area (Å²) in [6.07, 6.45) is 4.33. The van der Waals surface area contributed by atoms with Gasteiger partial charge in [-0.1, -0.05) is 12.1 Å². The number of aromatic nitrogens is 1. The summed E-state index contributed by atoms with van der Waals surface area (Å²) >= 11 is 0. The highest BCUT2D eigenvalue weighted by Crippen LogP contribution is 2.35. The number of pyridine rings is 1. The number of ether oxygens (including phenoxy) is 1. The van der Waals surface area contributed by atoms with Crippen molar-refractivity contribution in [1.29, 1.82) is 0 Å². The molecule has 0 atom stereocenters. The first-order valence-corrected chi connectivity index (χ1v) is 11.5. The van der Waals surface area contributed by atoms with Crippen molar-refractivity contribution in [1.82, 2.24) is 10.3 Å². The Labute approximate surface area is 196 Å². The lowest BCUT2D eigenvalue weighted by Gasteiger charge is -2.46. The van der Waals surface area contributed by atoms with E-state index in [2.05, 4.69) is 38.0 Å². The van der Waals surface area contributed by atoms with Gasteiger partial charge >= 0.3 is 0 Å². The first-order valence-electron chi connectivity index (χ1n) is 11.5. The Morgan fingerprint density at radius 2 is 1.67 bits per heavy atom. The number of nitrogens with two attached hydrogens (primary N) is 1. The fraction of sp³-hybridized carbons (Fsp3) is 0.357. The van der Waals surface area contributed by atoms with Gasteiger partial charge in [0.05, 0.1) is 0 Å². The molecule has 5 heteroatoms.